The van der Waals surface area contributed by atoms with Crippen molar-refractivity contribution in [3.05, 3.63) is 72.8 Å². The molecule has 2 heterocycles. The zero-order chi connectivity index (χ0) is 18.9. The van der Waals surface area contributed by atoms with Crippen LogP contribution in [-0.4, -0.2) is 27.2 Å². The molecule has 5 aromatic rings. The van der Waals surface area contributed by atoms with Crippen LogP contribution < -0.4 is 4.74 Å². The first-order chi connectivity index (χ1) is 13.8. The Balaban J connectivity index is 1.42. The van der Waals surface area contributed by atoms with Gasteiger partial charge in [0.2, 0.25) is 5.82 Å². The van der Waals surface area contributed by atoms with Crippen molar-refractivity contribution in [2.45, 2.75) is 0 Å². The number of para-hydroxylation sites is 2. The second-order valence-corrected chi connectivity index (χ2v) is 6.33. The highest BCUT2D eigenvalue weighted by molar-refractivity contribution is 5.79. The molecule has 0 aliphatic carbocycles. The number of aromatic nitrogens is 4. The van der Waals surface area contributed by atoms with Crippen molar-refractivity contribution in [2.24, 2.45) is 0 Å². The number of ether oxygens (including phenoxy) is 1. The molecule has 1 N–H and O–H groups in total. The fraction of sp³-hybridized carbons (Fsp3) is 0.0455. The van der Waals surface area contributed by atoms with Crippen LogP contribution in [0.2, 0.25) is 0 Å². The molecule has 0 spiro atoms. The summed E-state index contributed by atoms with van der Waals surface area (Å²) < 4.78 is 10.6. The summed E-state index contributed by atoms with van der Waals surface area (Å²) in [5.41, 5.74) is 4.69. The lowest BCUT2D eigenvalue weighted by atomic mass is 10.1. The van der Waals surface area contributed by atoms with Gasteiger partial charge in [-0.1, -0.05) is 41.6 Å². The number of methoxy groups -OCH3 is 1. The quantitative estimate of drug-likeness (QED) is 0.485. The first-order valence-corrected chi connectivity index (χ1v) is 8.84. The fourth-order valence-electron chi connectivity index (χ4n) is 3.06. The van der Waals surface area contributed by atoms with Crippen LogP contribution in [0.4, 0.5) is 0 Å². The van der Waals surface area contributed by atoms with E-state index in [1.165, 1.54) is 0 Å². The normalized spacial score (nSPS) is 11.0. The van der Waals surface area contributed by atoms with Gasteiger partial charge in [0.25, 0.3) is 5.89 Å². The summed E-state index contributed by atoms with van der Waals surface area (Å²) in [4.78, 5) is 12.5. The topological polar surface area (TPSA) is 76.8 Å². The van der Waals surface area contributed by atoms with E-state index < -0.39 is 0 Å². The number of nitrogens with one attached hydrogen (secondary N) is 1. The highest BCUT2D eigenvalue weighted by Crippen LogP contribution is 2.26. The van der Waals surface area contributed by atoms with Crippen molar-refractivity contribution in [3.8, 4) is 40.0 Å². The molecule has 0 aliphatic rings. The van der Waals surface area contributed by atoms with Crippen LogP contribution in [0.25, 0.3) is 45.3 Å². The van der Waals surface area contributed by atoms with Gasteiger partial charge in [-0.05, 0) is 36.4 Å². The van der Waals surface area contributed by atoms with Gasteiger partial charge in [-0.2, -0.15) is 4.98 Å². The summed E-state index contributed by atoms with van der Waals surface area (Å²) >= 11 is 0. The van der Waals surface area contributed by atoms with Gasteiger partial charge >= 0.3 is 0 Å². The molecule has 0 amide bonds. The molecule has 5 rings (SSSR count). The molecule has 0 bridgehead atoms. The third-order valence-corrected chi connectivity index (χ3v) is 4.57. The van der Waals surface area contributed by atoms with E-state index in [0.717, 1.165) is 39.3 Å². The summed E-state index contributed by atoms with van der Waals surface area (Å²) in [5.74, 6) is 2.63. The lowest BCUT2D eigenvalue weighted by Crippen LogP contribution is -1.84. The van der Waals surface area contributed by atoms with E-state index in [-0.39, 0.29) is 0 Å². The Kier molecular flexibility index (Phi) is 3.87. The first kappa shape index (κ1) is 16.3. The number of imidazole rings is 1. The van der Waals surface area contributed by atoms with Gasteiger partial charge in [-0.15, -0.1) is 0 Å². The maximum atomic E-state index is 5.41. The average molecular weight is 368 g/mol. The Morgan fingerprint density at radius 1 is 0.786 bits per heavy atom. The number of H-pyrrole nitrogens is 1. The van der Waals surface area contributed by atoms with Crippen molar-refractivity contribution >= 4 is 11.0 Å². The predicted molar refractivity (Wildman–Crippen MR) is 107 cm³/mol. The predicted octanol–water partition coefficient (Wildman–Crippen LogP) is 4.96. The molecule has 3 aromatic carbocycles. The minimum atomic E-state index is 0.471. The lowest BCUT2D eigenvalue weighted by molar-refractivity contribution is 0.414. The second-order valence-electron chi connectivity index (χ2n) is 6.33. The number of fused-ring (bicyclic) bond motifs is 1. The maximum Gasteiger partial charge on any atom is 0.258 e. The summed E-state index contributed by atoms with van der Waals surface area (Å²) in [6, 6.07) is 23.4. The monoisotopic (exact) mass is 368 g/mol. The van der Waals surface area contributed by atoms with Crippen molar-refractivity contribution in [1.29, 1.82) is 0 Å². The Hall–Kier alpha value is -3.93. The standard InChI is InChI=1S/C22H16N4O2/c1-27-17-12-10-16(11-13-17)22-25-21(26-28-22)15-8-6-14(7-9-15)20-23-18-4-2-3-5-19(18)24-20/h2-13H,1H3,(H,23,24). The van der Waals surface area contributed by atoms with Crippen molar-refractivity contribution in [3.63, 3.8) is 0 Å². The lowest BCUT2D eigenvalue weighted by Gasteiger charge is -1.99. The molecule has 6 heteroatoms. The average Bonchev–Trinajstić information content (AvgIpc) is 3.41. The number of nitrogens with zero attached hydrogens (tertiary/aromatic N) is 3. The van der Waals surface area contributed by atoms with Gasteiger partial charge in [0.05, 0.1) is 18.1 Å². The maximum absolute atomic E-state index is 5.41. The Labute approximate surface area is 160 Å². The van der Waals surface area contributed by atoms with E-state index in [9.17, 15) is 0 Å². The van der Waals surface area contributed by atoms with Crippen LogP contribution in [0.1, 0.15) is 0 Å². The number of benzene rings is 3. The van der Waals surface area contributed by atoms with Crippen LogP contribution in [0, 0.1) is 0 Å². The second kappa shape index (κ2) is 6.66. The first-order valence-electron chi connectivity index (χ1n) is 8.84. The van der Waals surface area contributed by atoms with Crippen LogP contribution >= 0.6 is 0 Å². The van der Waals surface area contributed by atoms with Gasteiger partial charge in [-0.3, -0.25) is 0 Å². The van der Waals surface area contributed by atoms with Crippen LogP contribution in [0.15, 0.2) is 77.3 Å². The van der Waals surface area contributed by atoms with Crippen molar-refractivity contribution < 1.29 is 9.26 Å². The van der Waals surface area contributed by atoms with Crippen LogP contribution in [-0.2, 0) is 0 Å². The molecule has 6 nitrogen and oxygen atoms in total. The SMILES string of the molecule is COc1ccc(-c2nc(-c3ccc(-c4nc5ccccc5[nH]4)cc3)no2)cc1. The molecule has 136 valence electrons. The summed E-state index contributed by atoms with van der Waals surface area (Å²) in [6.07, 6.45) is 0. The smallest absolute Gasteiger partial charge is 0.258 e. The molecular formula is C22H16N4O2. The minimum absolute atomic E-state index is 0.471. The van der Waals surface area contributed by atoms with E-state index >= 15 is 0 Å². The third-order valence-electron chi connectivity index (χ3n) is 4.57. The van der Waals surface area contributed by atoms with E-state index in [1.54, 1.807) is 7.11 Å². The highest BCUT2D eigenvalue weighted by Gasteiger charge is 2.12. The summed E-state index contributed by atoms with van der Waals surface area (Å²) in [5, 5.41) is 4.10. The number of hydrogen-bond donors (Lipinski definition) is 1. The number of aromatic amines is 1. The molecule has 0 fully saturated rings. The molecule has 28 heavy (non-hydrogen) atoms. The van der Waals surface area contributed by atoms with Gasteiger partial charge < -0.3 is 14.2 Å². The molecule has 2 aromatic heterocycles. The molecular weight excluding hydrogens is 352 g/mol. The zero-order valence-corrected chi connectivity index (χ0v) is 15.1. The largest absolute Gasteiger partial charge is 0.497 e. The van der Waals surface area contributed by atoms with Crippen molar-refractivity contribution in [2.75, 3.05) is 7.11 Å². The number of hydrogen-bond acceptors (Lipinski definition) is 5. The van der Waals surface area contributed by atoms with E-state index in [1.807, 2.05) is 72.8 Å². The molecule has 0 aliphatic heterocycles. The Morgan fingerprint density at radius 2 is 1.50 bits per heavy atom. The van der Waals surface area contributed by atoms with Gasteiger partial charge in [0.15, 0.2) is 0 Å². The fourth-order valence-corrected chi connectivity index (χ4v) is 3.06. The van der Waals surface area contributed by atoms with Gasteiger partial charge in [0.1, 0.15) is 11.6 Å². The van der Waals surface area contributed by atoms with Crippen molar-refractivity contribution in [1.82, 2.24) is 20.1 Å². The van der Waals surface area contributed by atoms with E-state index in [0.29, 0.717) is 11.7 Å². The van der Waals surface area contributed by atoms with Gasteiger partial charge in [0, 0.05) is 16.7 Å². The minimum Gasteiger partial charge on any atom is -0.497 e. The molecule has 0 saturated carbocycles. The summed E-state index contributed by atoms with van der Waals surface area (Å²) in [7, 11) is 1.63. The zero-order valence-electron chi connectivity index (χ0n) is 15.1. The molecule has 0 atom stereocenters. The molecule has 0 unspecified atom stereocenters. The summed E-state index contributed by atoms with van der Waals surface area (Å²) in [6.45, 7) is 0. The van der Waals surface area contributed by atoms with E-state index in [4.69, 9.17) is 9.26 Å². The van der Waals surface area contributed by atoms with Gasteiger partial charge in [-0.25, -0.2) is 4.98 Å². The molecule has 0 radical (unpaired) electrons. The van der Waals surface area contributed by atoms with E-state index in [2.05, 4.69) is 20.1 Å². The van der Waals surface area contributed by atoms with Crippen LogP contribution in [0.3, 0.4) is 0 Å². The Morgan fingerprint density at radius 3 is 2.25 bits per heavy atom. The van der Waals surface area contributed by atoms with Crippen LogP contribution in [0.5, 0.6) is 5.75 Å². The Bertz CT molecular complexity index is 1200. The number of rotatable bonds is 4. The third kappa shape index (κ3) is 2.91. The highest BCUT2D eigenvalue weighted by atomic mass is 16.5. The molecule has 0 saturated heterocycles.